The average Bonchev–Trinajstić information content (AvgIpc) is 2.84. The van der Waals surface area contributed by atoms with E-state index in [-0.39, 0.29) is 5.75 Å². The Bertz CT molecular complexity index is 719. The average molecular weight is 389 g/mol. The fourth-order valence-corrected chi connectivity index (χ4v) is 2.52. The van der Waals surface area contributed by atoms with Crippen molar-refractivity contribution >= 4 is 34.6 Å². The van der Waals surface area contributed by atoms with Crippen LogP contribution in [0.2, 0.25) is 5.02 Å². The first-order valence-electron chi connectivity index (χ1n) is 7.65. The summed E-state index contributed by atoms with van der Waals surface area (Å²) in [5.74, 6) is 0.0476. The van der Waals surface area contributed by atoms with Gasteiger partial charge in [0.2, 0.25) is 0 Å². The molecule has 1 heterocycles. The van der Waals surface area contributed by atoms with Crippen LogP contribution in [0.1, 0.15) is 17.7 Å². The van der Waals surface area contributed by atoms with E-state index in [0.717, 1.165) is 17.7 Å². The van der Waals surface area contributed by atoms with E-state index in [0.29, 0.717) is 28.9 Å². The Balaban J connectivity index is 1.82. The summed E-state index contributed by atoms with van der Waals surface area (Å²) in [6.45, 7) is 2.09. The zero-order valence-corrected chi connectivity index (χ0v) is 15.4. The molecule has 5 nitrogen and oxygen atoms in total. The third kappa shape index (κ3) is 6.13. The number of ether oxygens (including phenoxy) is 1. The van der Waals surface area contributed by atoms with Crippen LogP contribution in [0, 0.1) is 13.8 Å². The van der Waals surface area contributed by atoms with Crippen LogP contribution in [-0.2, 0) is 6.54 Å². The number of nitrogens with zero attached hydrogens (tertiary/aromatic N) is 2. The van der Waals surface area contributed by atoms with Crippen LogP contribution in [0.3, 0.4) is 0 Å². The number of anilines is 1. The lowest BCUT2D eigenvalue weighted by atomic mass is 10.2. The summed E-state index contributed by atoms with van der Waals surface area (Å²) in [4.78, 5) is 0. The molecule has 1 aromatic carbocycles. The Hall–Kier alpha value is -1.93. The number of aromatic nitrogens is 2. The number of nitrogens with one attached hydrogen (secondary N) is 2. The number of benzene rings is 1. The van der Waals surface area contributed by atoms with Gasteiger partial charge in [0.1, 0.15) is 5.75 Å². The van der Waals surface area contributed by atoms with Crippen molar-refractivity contribution in [2.75, 3.05) is 11.9 Å². The molecule has 0 saturated heterocycles. The van der Waals surface area contributed by atoms with Crippen LogP contribution in [0.5, 0.6) is 5.75 Å². The molecule has 0 bridgehead atoms. The fraction of sp³-hybridized carbons (Fsp3) is 0.375. The molecule has 2 rings (SSSR count). The van der Waals surface area contributed by atoms with Gasteiger partial charge in [0, 0.05) is 19.3 Å². The molecule has 0 aliphatic heterocycles. The van der Waals surface area contributed by atoms with Crippen molar-refractivity contribution in [3.05, 3.63) is 40.7 Å². The van der Waals surface area contributed by atoms with Gasteiger partial charge < -0.3 is 15.4 Å². The zero-order chi connectivity index (χ0) is 18.4. The van der Waals surface area contributed by atoms with Gasteiger partial charge in [-0.25, -0.2) is 0 Å². The first-order valence-corrected chi connectivity index (χ1v) is 8.43. The lowest BCUT2D eigenvalue weighted by Crippen LogP contribution is -2.30. The highest BCUT2D eigenvalue weighted by molar-refractivity contribution is 7.80. The van der Waals surface area contributed by atoms with Gasteiger partial charge in [-0.15, -0.1) is 0 Å². The van der Waals surface area contributed by atoms with Crippen molar-refractivity contribution in [1.29, 1.82) is 0 Å². The minimum Gasteiger partial charge on any atom is -0.433 e. The number of alkyl halides is 2. The van der Waals surface area contributed by atoms with Crippen molar-refractivity contribution in [3.63, 3.8) is 0 Å². The molecule has 2 aromatic rings. The molecule has 0 unspecified atom stereocenters. The van der Waals surface area contributed by atoms with Crippen molar-refractivity contribution in [3.8, 4) is 5.75 Å². The van der Waals surface area contributed by atoms with E-state index in [1.54, 1.807) is 23.0 Å². The SMILES string of the molecule is Cc1ccc(OC(F)F)c(NC(=S)NCCCn2cc(Cl)c(C)n2)c1. The summed E-state index contributed by atoms with van der Waals surface area (Å²) < 4.78 is 31.2. The second kappa shape index (κ2) is 8.96. The number of thiocarbonyl (C=S) groups is 1. The largest absolute Gasteiger partial charge is 0.433 e. The van der Waals surface area contributed by atoms with Gasteiger partial charge in [-0.3, -0.25) is 4.68 Å². The molecule has 0 amide bonds. The summed E-state index contributed by atoms with van der Waals surface area (Å²) in [6.07, 6.45) is 2.54. The minimum atomic E-state index is -2.89. The van der Waals surface area contributed by atoms with Crippen LogP contribution >= 0.6 is 23.8 Å². The second-order valence-electron chi connectivity index (χ2n) is 5.44. The molecule has 0 aliphatic carbocycles. The van der Waals surface area contributed by atoms with Crippen molar-refractivity contribution in [2.24, 2.45) is 0 Å². The van der Waals surface area contributed by atoms with Crippen molar-refractivity contribution in [1.82, 2.24) is 15.1 Å². The Labute approximate surface area is 155 Å². The van der Waals surface area contributed by atoms with Crippen LogP contribution in [0.15, 0.2) is 24.4 Å². The van der Waals surface area contributed by atoms with Gasteiger partial charge in [0.05, 0.1) is 16.4 Å². The second-order valence-corrected chi connectivity index (χ2v) is 6.25. The van der Waals surface area contributed by atoms with E-state index in [2.05, 4.69) is 20.5 Å². The summed E-state index contributed by atoms with van der Waals surface area (Å²) >= 11 is 11.2. The molecule has 25 heavy (non-hydrogen) atoms. The maximum Gasteiger partial charge on any atom is 0.387 e. The van der Waals surface area contributed by atoms with E-state index in [1.807, 2.05) is 13.8 Å². The normalized spacial score (nSPS) is 10.8. The molecular weight excluding hydrogens is 370 g/mol. The molecule has 136 valence electrons. The first-order chi connectivity index (χ1) is 11.8. The molecule has 0 radical (unpaired) electrons. The molecule has 0 atom stereocenters. The molecule has 2 N–H and O–H groups in total. The van der Waals surface area contributed by atoms with Gasteiger partial charge in [-0.2, -0.15) is 13.9 Å². The highest BCUT2D eigenvalue weighted by Crippen LogP contribution is 2.27. The standard InChI is InChI=1S/C16H19ClF2N4OS/c1-10-4-5-14(24-15(18)19)13(8-10)21-16(25)20-6-3-7-23-9-12(17)11(2)22-23/h4-5,8-9,15H,3,6-7H2,1-2H3,(H2,20,21,25). The maximum absolute atomic E-state index is 12.5. The number of aryl methyl sites for hydroxylation is 3. The van der Waals surface area contributed by atoms with Crippen molar-refractivity contribution in [2.45, 2.75) is 33.4 Å². The van der Waals surface area contributed by atoms with Crippen LogP contribution in [0.25, 0.3) is 0 Å². The van der Waals surface area contributed by atoms with E-state index in [1.165, 1.54) is 6.07 Å². The highest BCUT2D eigenvalue weighted by atomic mass is 35.5. The van der Waals surface area contributed by atoms with Crippen LogP contribution in [0.4, 0.5) is 14.5 Å². The molecular formula is C16H19ClF2N4OS. The monoisotopic (exact) mass is 388 g/mol. The van der Waals surface area contributed by atoms with E-state index in [9.17, 15) is 8.78 Å². The summed E-state index contributed by atoms with van der Waals surface area (Å²) in [5.41, 5.74) is 2.09. The van der Waals surface area contributed by atoms with E-state index in [4.69, 9.17) is 23.8 Å². The third-order valence-electron chi connectivity index (χ3n) is 3.34. The Morgan fingerprint density at radius 1 is 1.40 bits per heavy atom. The summed E-state index contributed by atoms with van der Waals surface area (Å²) in [7, 11) is 0. The predicted octanol–water partition coefficient (Wildman–Crippen LogP) is 4.13. The summed E-state index contributed by atoms with van der Waals surface area (Å²) in [5, 5.41) is 11.1. The predicted molar refractivity (Wildman–Crippen MR) is 98.6 cm³/mol. The molecule has 9 heteroatoms. The lowest BCUT2D eigenvalue weighted by Gasteiger charge is -2.15. The first kappa shape index (κ1) is 19.4. The number of halogens is 3. The molecule has 0 spiro atoms. The van der Waals surface area contributed by atoms with Gasteiger partial charge in [0.15, 0.2) is 5.11 Å². The molecule has 0 fully saturated rings. The third-order valence-corrected chi connectivity index (χ3v) is 3.95. The van der Waals surface area contributed by atoms with Gasteiger partial charge in [0.25, 0.3) is 0 Å². The molecule has 0 saturated carbocycles. The molecule has 0 aliphatic rings. The maximum atomic E-state index is 12.5. The van der Waals surface area contributed by atoms with Gasteiger partial charge >= 0.3 is 6.61 Å². The lowest BCUT2D eigenvalue weighted by molar-refractivity contribution is -0.0493. The van der Waals surface area contributed by atoms with Crippen LogP contribution < -0.4 is 15.4 Å². The van der Waals surface area contributed by atoms with E-state index >= 15 is 0 Å². The smallest absolute Gasteiger partial charge is 0.387 e. The number of hydrogen-bond donors (Lipinski definition) is 2. The molecule has 1 aromatic heterocycles. The Morgan fingerprint density at radius 3 is 2.80 bits per heavy atom. The number of hydrogen-bond acceptors (Lipinski definition) is 3. The Kier molecular flexibility index (Phi) is 6.95. The van der Waals surface area contributed by atoms with Gasteiger partial charge in [-0.05, 0) is 50.2 Å². The quantitative estimate of drug-likeness (QED) is 0.551. The van der Waals surface area contributed by atoms with Gasteiger partial charge in [-0.1, -0.05) is 17.7 Å². The topological polar surface area (TPSA) is 51.1 Å². The van der Waals surface area contributed by atoms with E-state index < -0.39 is 6.61 Å². The number of rotatable bonds is 7. The summed E-state index contributed by atoms with van der Waals surface area (Å²) in [6, 6.07) is 4.87. The van der Waals surface area contributed by atoms with Crippen LogP contribution in [-0.4, -0.2) is 28.0 Å². The fourth-order valence-electron chi connectivity index (χ4n) is 2.16. The Morgan fingerprint density at radius 2 is 2.16 bits per heavy atom. The van der Waals surface area contributed by atoms with Crippen molar-refractivity contribution < 1.29 is 13.5 Å². The zero-order valence-electron chi connectivity index (χ0n) is 13.9. The minimum absolute atomic E-state index is 0.0476. The highest BCUT2D eigenvalue weighted by Gasteiger charge is 2.11.